The van der Waals surface area contributed by atoms with Crippen molar-refractivity contribution in [3.8, 4) is 17.2 Å². The summed E-state index contributed by atoms with van der Waals surface area (Å²) >= 11 is 0. The quantitative estimate of drug-likeness (QED) is 0.586. The number of ether oxygens (including phenoxy) is 4. The van der Waals surface area contributed by atoms with E-state index >= 15 is 0 Å². The molecule has 0 bridgehead atoms. The molecule has 3 N–H and O–H groups in total. The summed E-state index contributed by atoms with van der Waals surface area (Å²) in [7, 11) is 4.71. The van der Waals surface area contributed by atoms with Gasteiger partial charge in [-0.25, -0.2) is 5.43 Å². The van der Waals surface area contributed by atoms with Crippen LogP contribution < -0.4 is 30.4 Å². The maximum Gasteiger partial charge on any atom is 0.265 e. The Bertz CT molecular complexity index is 795. The lowest BCUT2D eigenvalue weighted by Crippen LogP contribution is -2.46. The van der Waals surface area contributed by atoms with Crippen LogP contribution >= 0.6 is 0 Å². The van der Waals surface area contributed by atoms with Gasteiger partial charge in [0.1, 0.15) is 0 Å². The van der Waals surface area contributed by atoms with Gasteiger partial charge in [0, 0.05) is 48.3 Å². The summed E-state index contributed by atoms with van der Waals surface area (Å²) in [5.74, 6) is 1.48. The summed E-state index contributed by atoms with van der Waals surface area (Å²) in [5, 5.41) is 3.28. The van der Waals surface area contributed by atoms with Crippen LogP contribution in [0.1, 0.15) is 23.2 Å². The minimum Gasteiger partial charge on any atom is -0.493 e. The fraction of sp³-hybridized carbons (Fsp3) is 0.381. The van der Waals surface area contributed by atoms with Crippen LogP contribution in [0.4, 0.5) is 11.4 Å². The molecule has 0 aliphatic carbocycles. The largest absolute Gasteiger partial charge is 0.493 e. The second-order valence-electron chi connectivity index (χ2n) is 6.60. The number of hydrogen-bond acceptors (Lipinski definition) is 7. The summed E-state index contributed by atoms with van der Waals surface area (Å²) in [6.07, 6.45) is 1.77. The number of rotatable bonds is 8. The third-order valence-corrected chi connectivity index (χ3v) is 4.71. The van der Waals surface area contributed by atoms with E-state index in [0.29, 0.717) is 22.8 Å². The third-order valence-electron chi connectivity index (χ3n) is 4.71. The first-order valence-corrected chi connectivity index (χ1v) is 9.45. The fourth-order valence-electron chi connectivity index (χ4n) is 3.11. The van der Waals surface area contributed by atoms with Crippen LogP contribution in [0.25, 0.3) is 0 Å². The van der Waals surface area contributed by atoms with E-state index in [4.69, 9.17) is 18.9 Å². The van der Waals surface area contributed by atoms with Crippen molar-refractivity contribution in [2.45, 2.75) is 18.9 Å². The van der Waals surface area contributed by atoms with E-state index in [1.807, 2.05) is 24.3 Å². The van der Waals surface area contributed by atoms with Crippen LogP contribution in [0.15, 0.2) is 36.4 Å². The molecular formula is C21H27N3O5. The third kappa shape index (κ3) is 5.30. The van der Waals surface area contributed by atoms with E-state index in [0.717, 1.165) is 37.4 Å². The zero-order chi connectivity index (χ0) is 20.6. The number of benzene rings is 2. The van der Waals surface area contributed by atoms with E-state index in [1.54, 1.807) is 33.5 Å². The molecule has 1 heterocycles. The van der Waals surface area contributed by atoms with Crippen molar-refractivity contribution in [2.24, 2.45) is 0 Å². The highest BCUT2D eigenvalue weighted by Crippen LogP contribution is 2.40. The molecule has 1 aliphatic rings. The van der Waals surface area contributed by atoms with Gasteiger partial charge in [-0.1, -0.05) is 0 Å². The van der Waals surface area contributed by atoms with Crippen molar-refractivity contribution in [3.63, 3.8) is 0 Å². The van der Waals surface area contributed by atoms with Crippen molar-refractivity contribution >= 4 is 17.3 Å². The fourth-order valence-corrected chi connectivity index (χ4v) is 3.11. The smallest absolute Gasteiger partial charge is 0.265 e. The lowest BCUT2D eigenvalue weighted by atomic mass is 10.1. The molecule has 0 aromatic heterocycles. The highest BCUT2D eigenvalue weighted by molar-refractivity contribution is 5.94. The van der Waals surface area contributed by atoms with Crippen LogP contribution in [-0.4, -0.2) is 46.5 Å². The standard InChI is InChI=1S/C21H27N3O5/c1-26-18-12-17(13-19(27-2)20(18)28-3)22-15-6-4-14(5-7-15)21(25)24-23-16-8-10-29-11-9-16/h4-7,12-13,16,22-23H,8-11H2,1-3H3,(H,24,25). The molecule has 29 heavy (non-hydrogen) atoms. The molecular weight excluding hydrogens is 374 g/mol. The van der Waals surface area contributed by atoms with Gasteiger partial charge in [0.25, 0.3) is 5.91 Å². The molecule has 0 atom stereocenters. The molecule has 8 nitrogen and oxygen atoms in total. The van der Waals surface area contributed by atoms with E-state index in [-0.39, 0.29) is 11.9 Å². The van der Waals surface area contributed by atoms with Gasteiger partial charge in [0.15, 0.2) is 11.5 Å². The molecule has 1 fully saturated rings. The molecule has 1 saturated heterocycles. The van der Waals surface area contributed by atoms with Gasteiger partial charge < -0.3 is 24.3 Å². The average Bonchev–Trinajstić information content (AvgIpc) is 2.77. The monoisotopic (exact) mass is 401 g/mol. The first-order valence-electron chi connectivity index (χ1n) is 9.45. The normalized spacial score (nSPS) is 14.2. The van der Waals surface area contributed by atoms with E-state index in [1.165, 1.54) is 0 Å². The average molecular weight is 401 g/mol. The van der Waals surface area contributed by atoms with Gasteiger partial charge in [0.2, 0.25) is 5.75 Å². The Morgan fingerprint density at radius 1 is 0.931 bits per heavy atom. The molecule has 2 aromatic rings. The van der Waals surface area contributed by atoms with Gasteiger partial charge in [-0.05, 0) is 37.1 Å². The first kappa shape index (κ1) is 20.8. The van der Waals surface area contributed by atoms with Gasteiger partial charge >= 0.3 is 0 Å². The highest BCUT2D eigenvalue weighted by atomic mass is 16.5. The molecule has 156 valence electrons. The Hall–Kier alpha value is -2.97. The Labute approximate surface area is 170 Å². The Morgan fingerprint density at radius 3 is 2.10 bits per heavy atom. The van der Waals surface area contributed by atoms with Gasteiger partial charge in [0.05, 0.1) is 21.3 Å². The topological polar surface area (TPSA) is 90.1 Å². The maximum atomic E-state index is 12.3. The van der Waals surface area contributed by atoms with Crippen LogP contribution in [0.2, 0.25) is 0 Å². The van der Waals surface area contributed by atoms with Crippen LogP contribution in [0.3, 0.4) is 0 Å². The Kier molecular flexibility index (Phi) is 7.15. The minimum absolute atomic E-state index is 0.171. The van der Waals surface area contributed by atoms with Gasteiger partial charge in [-0.2, -0.15) is 0 Å². The summed E-state index contributed by atoms with van der Waals surface area (Å²) in [6.45, 7) is 1.43. The zero-order valence-electron chi connectivity index (χ0n) is 16.9. The van der Waals surface area contributed by atoms with Crippen LogP contribution in [-0.2, 0) is 4.74 Å². The minimum atomic E-state index is -0.171. The van der Waals surface area contributed by atoms with E-state index < -0.39 is 0 Å². The van der Waals surface area contributed by atoms with Crippen LogP contribution in [0, 0.1) is 0 Å². The Morgan fingerprint density at radius 2 is 1.55 bits per heavy atom. The number of methoxy groups -OCH3 is 3. The second kappa shape index (κ2) is 9.99. The SMILES string of the molecule is COc1cc(Nc2ccc(C(=O)NNC3CCOCC3)cc2)cc(OC)c1OC. The molecule has 1 aliphatic heterocycles. The second-order valence-corrected chi connectivity index (χ2v) is 6.60. The maximum absolute atomic E-state index is 12.3. The number of carbonyl (C=O) groups is 1. The predicted molar refractivity (Wildman–Crippen MR) is 110 cm³/mol. The van der Waals surface area contributed by atoms with Crippen molar-refractivity contribution in [1.29, 1.82) is 0 Å². The molecule has 3 rings (SSSR count). The predicted octanol–water partition coefficient (Wildman–Crippen LogP) is 2.87. The lowest BCUT2D eigenvalue weighted by Gasteiger charge is -2.23. The highest BCUT2D eigenvalue weighted by Gasteiger charge is 2.15. The molecule has 8 heteroatoms. The number of hydrogen-bond donors (Lipinski definition) is 3. The molecule has 0 saturated carbocycles. The molecule has 0 radical (unpaired) electrons. The molecule has 0 unspecified atom stereocenters. The number of amides is 1. The van der Waals surface area contributed by atoms with Crippen LogP contribution in [0.5, 0.6) is 17.2 Å². The van der Waals surface area contributed by atoms with Gasteiger partial charge in [-0.3, -0.25) is 10.2 Å². The number of anilines is 2. The van der Waals surface area contributed by atoms with Crippen molar-refractivity contribution in [1.82, 2.24) is 10.9 Å². The molecule has 1 amide bonds. The summed E-state index contributed by atoms with van der Waals surface area (Å²) in [6, 6.07) is 11.1. The number of carbonyl (C=O) groups excluding carboxylic acids is 1. The van der Waals surface area contributed by atoms with E-state index in [2.05, 4.69) is 16.2 Å². The summed E-state index contributed by atoms with van der Waals surface area (Å²) in [5.41, 5.74) is 8.02. The number of hydrazine groups is 1. The summed E-state index contributed by atoms with van der Waals surface area (Å²) < 4.78 is 21.4. The Balaban J connectivity index is 1.63. The zero-order valence-corrected chi connectivity index (χ0v) is 16.9. The van der Waals surface area contributed by atoms with E-state index in [9.17, 15) is 4.79 Å². The lowest BCUT2D eigenvalue weighted by molar-refractivity contribution is 0.0695. The number of nitrogens with one attached hydrogen (secondary N) is 3. The molecule has 2 aromatic carbocycles. The van der Waals surface area contributed by atoms with Crippen molar-refractivity contribution in [3.05, 3.63) is 42.0 Å². The molecule has 0 spiro atoms. The summed E-state index contributed by atoms with van der Waals surface area (Å²) in [4.78, 5) is 12.3. The van der Waals surface area contributed by atoms with Crippen molar-refractivity contribution in [2.75, 3.05) is 39.9 Å². The first-order chi connectivity index (χ1) is 14.1. The van der Waals surface area contributed by atoms with Gasteiger partial charge in [-0.15, -0.1) is 0 Å². The van der Waals surface area contributed by atoms with Crippen molar-refractivity contribution < 1.29 is 23.7 Å².